The van der Waals surface area contributed by atoms with Crippen molar-refractivity contribution in [3.8, 4) is 0 Å². The molecular formula is C23H24N6O4S2. The second kappa shape index (κ2) is 10.7. The van der Waals surface area contributed by atoms with E-state index in [-0.39, 0.29) is 22.3 Å². The van der Waals surface area contributed by atoms with Gasteiger partial charge in [-0.1, -0.05) is 18.3 Å². The minimum absolute atomic E-state index is 0.0570. The molecule has 1 aliphatic heterocycles. The van der Waals surface area contributed by atoms with E-state index in [1.54, 1.807) is 24.3 Å². The van der Waals surface area contributed by atoms with Gasteiger partial charge in [0.2, 0.25) is 5.91 Å². The van der Waals surface area contributed by atoms with Crippen molar-refractivity contribution in [2.45, 2.75) is 32.6 Å². The number of amides is 2. The molecule has 4 rings (SSSR count). The number of thiocarbonyl (C=S) groups is 1. The van der Waals surface area contributed by atoms with Crippen molar-refractivity contribution < 1.29 is 14.5 Å². The third kappa shape index (κ3) is 5.89. The van der Waals surface area contributed by atoms with Crippen LogP contribution in [-0.4, -0.2) is 39.9 Å². The van der Waals surface area contributed by atoms with Gasteiger partial charge in [0.15, 0.2) is 10.2 Å². The van der Waals surface area contributed by atoms with Gasteiger partial charge in [-0.15, -0.1) is 0 Å². The molecule has 1 saturated heterocycles. The fourth-order valence-electron chi connectivity index (χ4n) is 3.84. The van der Waals surface area contributed by atoms with Crippen LogP contribution in [0.5, 0.6) is 0 Å². The average Bonchev–Trinajstić information content (AvgIpc) is 3.48. The number of thiazole rings is 1. The summed E-state index contributed by atoms with van der Waals surface area (Å²) in [6.45, 7) is 3.45. The molecule has 0 unspecified atom stereocenters. The van der Waals surface area contributed by atoms with Crippen molar-refractivity contribution in [3.05, 3.63) is 52.1 Å². The van der Waals surface area contributed by atoms with Gasteiger partial charge >= 0.3 is 0 Å². The number of aromatic nitrogens is 1. The molecule has 2 aromatic carbocycles. The highest BCUT2D eigenvalue weighted by molar-refractivity contribution is 7.80. The summed E-state index contributed by atoms with van der Waals surface area (Å²) in [6.07, 6.45) is 3.16. The van der Waals surface area contributed by atoms with Gasteiger partial charge in [-0.2, -0.15) is 0 Å². The first-order chi connectivity index (χ1) is 16.8. The van der Waals surface area contributed by atoms with E-state index in [2.05, 4.69) is 20.9 Å². The molecule has 10 nitrogen and oxygen atoms in total. The predicted octanol–water partition coefficient (Wildman–Crippen LogP) is 4.67. The van der Waals surface area contributed by atoms with Crippen LogP contribution >= 0.6 is 23.6 Å². The van der Waals surface area contributed by atoms with E-state index < -0.39 is 10.8 Å². The second-order valence-electron chi connectivity index (χ2n) is 8.06. The summed E-state index contributed by atoms with van der Waals surface area (Å²) in [5, 5.41) is 20.5. The van der Waals surface area contributed by atoms with Crippen LogP contribution in [0, 0.1) is 10.1 Å². The van der Waals surface area contributed by atoms with Gasteiger partial charge in [-0.05, 0) is 61.8 Å². The Morgan fingerprint density at radius 2 is 1.94 bits per heavy atom. The van der Waals surface area contributed by atoms with Crippen LogP contribution in [0.3, 0.4) is 0 Å². The molecule has 1 aromatic heterocycles. The number of benzene rings is 2. The van der Waals surface area contributed by atoms with Crippen LogP contribution in [0.15, 0.2) is 36.4 Å². The zero-order chi connectivity index (χ0) is 24.9. The quantitative estimate of drug-likeness (QED) is 0.237. The molecule has 0 atom stereocenters. The molecule has 1 aliphatic rings. The van der Waals surface area contributed by atoms with E-state index >= 15 is 0 Å². The summed E-state index contributed by atoms with van der Waals surface area (Å²) < 4.78 is 0.837. The Bertz CT molecular complexity index is 1300. The summed E-state index contributed by atoms with van der Waals surface area (Å²) >= 11 is 6.61. The summed E-state index contributed by atoms with van der Waals surface area (Å²) in [5.41, 5.74) is 1.93. The minimum atomic E-state index is -0.543. The van der Waals surface area contributed by atoms with Crippen molar-refractivity contribution in [1.29, 1.82) is 0 Å². The number of rotatable bonds is 7. The number of hydrogen-bond donors (Lipinski definition) is 3. The van der Waals surface area contributed by atoms with Gasteiger partial charge in [0.05, 0.1) is 15.1 Å². The zero-order valence-electron chi connectivity index (χ0n) is 19.0. The fraction of sp³-hybridized carbons (Fsp3) is 0.304. The van der Waals surface area contributed by atoms with Gasteiger partial charge in [0, 0.05) is 36.8 Å². The van der Waals surface area contributed by atoms with E-state index in [1.807, 2.05) is 17.9 Å². The van der Waals surface area contributed by atoms with E-state index in [0.717, 1.165) is 42.6 Å². The number of nitro benzene ring substituents is 1. The normalized spacial score (nSPS) is 13.0. The van der Waals surface area contributed by atoms with E-state index in [1.165, 1.54) is 17.4 Å². The maximum absolute atomic E-state index is 12.7. The molecule has 3 aromatic rings. The lowest BCUT2D eigenvalue weighted by atomic mass is 10.1. The Morgan fingerprint density at radius 1 is 1.17 bits per heavy atom. The number of fused-ring (bicyclic) bond motifs is 1. The molecule has 2 heterocycles. The topological polar surface area (TPSA) is 130 Å². The number of nitrogens with one attached hydrogen (secondary N) is 3. The van der Waals surface area contributed by atoms with Gasteiger partial charge in [-0.3, -0.25) is 25.0 Å². The average molecular weight is 513 g/mol. The number of carbonyl (C=O) groups is 2. The van der Waals surface area contributed by atoms with Crippen molar-refractivity contribution in [2.75, 3.05) is 28.6 Å². The van der Waals surface area contributed by atoms with Gasteiger partial charge in [0.25, 0.3) is 11.6 Å². The molecule has 35 heavy (non-hydrogen) atoms. The van der Waals surface area contributed by atoms with Crippen LogP contribution in [0.4, 0.5) is 22.2 Å². The molecular weight excluding hydrogens is 488 g/mol. The highest BCUT2D eigenvalue weighted by Gasteiger charge is 2.24. The molecule has 2 amide bonds. The van der Waals surface area contributed by atoms with Gasteiger partial charge in [-0.25, -0.2) is 4.98 Å². The smallest absolute Gasteiger partial charge is 0.293 e. The molecule has 0 bridgehead atoms. The lowest BCUT2D eigenvalue weighted by molar-refractivity contribution is -0.384. The molecule has 0 aliphatic carbocycles. The molecule has 0 saturated carbocycles. The highest BCUT2D eigenvalue weighted by Crippen LogP contribution is 2.32. The van der Waals surface area contributed by atoms with Gasteiger partial charge < -0.3 is 15.5 Å². The number of anilines is 3. The number of hydrogen-bond acceptors (Lipinski definition) is 8. The molecule has 0 radical (unpaired) electrons. The van der Waals surface area contributed by atoms with Crippen LogP contribution in [0.1, 0.15) is 43.0 Å². The largest absolute Gasteiger partial charge is 0.366 e. The maximum atomic E-state index is 12.7. The number of carbonyl (C=O) groups excluding carboxylic acids is 2. The summed E-state index contributed by atoms with van der Waals surface area (Å²) in [5.74, 6) is -0.624. The lowest BCUT2D eigenvalue weighted by Gasteiger charge is -2.18. The highest BCUT2D eigenvalue weighted by atomic mass is 32.1. The van der Waals surface area contributed by atoms with Crippen molar-refractivity contribution >= 4 is 72.9 Å². The molecule has 1 fully saturated rings. The van der Waals surface area contributed by atoms with E-state index in [0.29, 0.717) is 22.9 Å². The summed E-state index contributed by atoms with van der Waals surface area (Å²) in [6, 6.07) is 9.82. The van der Waals surface area contributed by atoms with E-state index in [4.69, 9.17) is 12.2 Å². The Labute approximate surface area is 210 Å². The fourth-order valence-corrected chi connectivity index (χ4v) is 4.97. The first-order valence-electron chi connectivity index (χ1n) is 11.2. The Hall–Kier alpha value is -3.64. The predicted molar refractivity (Wildman–Crippen MR) is 141 cm³/mol. The zero-order valence-corrected chi connectivity index (χ0v) is 20.6. The third-order valence-electron chi connectivity index (χ3n) is 5.48. The SMILES string of the molecule is CCCC(=O)Nc1nc2ccc(NC(=S)NC(=O)c3ccc(N4CCCC4)c([N+](=O)[O-])c3)cc2s1. The molecule has 0 spiro atoms. The molecule has 182 valence electrons. The number of nitrogens with zero attached hydrogens (tertiary/aromatic N) is 3. The van der Waals surface area contributed by atoms with Crippen LogP contribution in [0.2, 0.25) is 0 Å². The first-order valence-corrected chi connectivity index (χ1v) is 12.4. The van der Waals surface area contributed by atoms with Crippen molar-refractivity contribution in [1.82, 2.24) is 10.3 Å². The van der Waals surface area contributed by atoms with Gasteiger partial charge in [0.1, 0.15) is 5.69 Å². The minimum Gasteiger partial charge on any atom is -0.366 e. The third-order valence-corrected chi connectivity index (χ3v) is 6.62. The Morgan fingerprint density at radius 3 is 2.66 bits per heavy atom. The maximum Gasteiger partial charge on any atom is 0.293 e. The monoisotopic (exact) mass is 512 g/mol. The summed E-state index contributed by atoms with van der Waals surface area (Å²) in [7, 11) is 0. The van der Waals surface area contributed by atoms with Crippen LogP contribution < -0.4 is 20.9 Å². The van der Waals surface area contributed by atoms with Crippen LogP contribution in [0.25, 0.3) is 10.2 Å². The standard InChI is InChI=1S/C23H24N6O4S2/c1-2-5-20(30)26-23-25-16-8-7-15(13-19(16)35-23)24-22(34)27-21(31)14-6-9-17(18(12-14)29(32)33)28-10-3-4-11-28/h6-9,12-13H,2-5,10-11H2,1H3,(H,25,26,30)(H2,24,27,31,34). The first kappa shape index (κ1) is 24.5. The van der Waals surface area contributed by atoms with Crippen molar-refractivity contribution in [2.24, 2.45) is 0 Å². The second-order valence-corrected chi connectivity index (χ2v) is 9.50. The Balaban J connectivity index is 1.42. The van der Waals surface area contributed by atoms with Crippen molar-refractivity contribution in [3.63, 3.8) is 0 Å². The lowest BCUT2D eigenvalue weighted by Crippen LogP contribution is -2.34. The summed E-state index contributed by atoms with van der Waals surface area (Å²) in [4.78, 5) is 42.0. The number of nitro groups is 1. The molecule has 3 N–H and O–H groups in total. The van der Waals surface area contributed by atoms with Crippen LogP contribution in [-0.2, 0) is 4.79 Å². The Kier molecular flexibility index (Phi) is 7.51. The molecule has 12 heteroatoms. The van der Waals surface area contributed by atoms with E-state index in [9.17, 15) is 19.7 Å².